The smallest absolute Gasteiger partial charge is 0.234 e. The molecular formula is C15H11O. The minimum atomic E-state index is 0.592. The number of hydrogen-bond acceptors (Lipinski definition) is 1. The van der Waals surface area contributed by atoms with E-state index < -0.39 is 0 Å². The second kappa shape index (κ2) is 5.08. The van der Waals surface area contributed by atoms with Gasteiger partial charge in [-0.2, -0.15) is 0 Å². The van der Waals surface area contributed by atoms with Crippen LogP contribution in [0.25, 0.3) is 12.2 Å². The molecule has 0 spiro atoms. The Morgan fingerprint density at radius 2 is 1.50 bits per heavy atom. The van der Waals surface area contributed by atoms with Gasteiger partial charge in [0.25, 0.3) is 0 Å². The Morgan fingerprint density at radius 3 is 2.25 bits per heavy atom. The van der Waals surface area contributed by atoms with Crippen LogP contribution >= 0.6 is 0 Å². The molecule has 0 atom stereocenters. The van der Waals surface area contributed by atoms with Crippen molar-refractivity contribution in [1.82, 2.24) is 0 Å². The molecule has 0 fully saturated rings. The predicted octanol–water partition coefficient (Wildman–Crippen LogP) is 3.31. The van der Waals surface area contributed by atoms with Crippen LogP contribution in [0.5, 0.6) is 0 Å². The maximum absolute atomic E-state index is 10.7. The number of rotatable bonds is 3. The summed E-state index contributed by atoms with van der Waals surface area (Å²) in [6.45, 7) is 0. The normalized spacial score (nSPS) is 10.5. The lowest BCUT2D eigenvalue weighted by Gasteiger charge is -1.97. The number of carbonyl (C=O) groups excluding carboxylic acids is 1. The molecule has 2 aromatic rings. The van der Waals surface area contributed by atoms with E-state index in [2.05, 4.69) is 0 Å². The molecule has 2 rings (SSSR count). The van der Waals surface area contributed by atoms with Crippen molar-refractivity contribution in [3.63, 3.8) is 0 Å². The summed E-state index contributed by atoms with van der Waals surface area (Å²) in [5, 5.41) is 0. The van der Waals surface area contributed by atoms with Crippen LogP contribution in [-0.2, 0) is 4.79 Å². The van der Waals surface area contributed by atoms with E-state index in [4.69, 9.17) is 0 Å². The standard InChI is InChI=1S/C15H11O/c16-12-15-9-5-4-8-14(15)11-10-13-6-2-1-3-7-13/h1-11H. The molecule has 0 aliphatic carbocycles. The van der Waals surface area contributed by atoms with E-state index in [1.54, 1.807) is 6.07 Å². The maximum atomic E-state index is 10.7. The van der Waals surface area contributed by atoms with E-state index in [1.165, 1.54) is 0 Å². The van der Waals surface area contributed by atoms with Gasteiger partial charge in [0.1, 0.15) is 0 Å². The van der Waals surface area contributed by atoms with Gasteiger partial charge in [-0.25, -0.2) is 0 Å². The molecular weight excluding hydrogens is 196 g/mol. The van der Waals surface area contributed by atoms with Crippen molar-refractivity contribution in [2.45, 2.75) is 0 Å². The molecule has 77 valence electrons. The summed E-state index contributed by atoms with van der Waals surface area (Å²) < 4.78 is 0. The zero-order valence-corrected chi connectivity index (χ0v) is 8.76. The van der Waals surface area contributed by atoms with E-state index >= 15 is 0 Å². The summed E-state index contributed by atoms with van der Waals surface area (Å²) in [4.78, 5) is 10.7. The van der Waals surface area contributed by atoms with Gasteiger partial charge in [-0.05, 0) is 11.1 Å². The van der Waals surface area contributed by atoms with Crippen LogP contribution in [0, 0.1) is 0 Å². The van der Waals surface area contributed by atoms with Gasteiger partial charge < -0.3 is 0 Å². The summed E-state index contributed by atoms with van der Waals surface area (Å²) in [5.41, 5.74) is 2.60. The molecule has 0 saturated heterocycles. The van der Waals surface area contributed by atoms with Crippen LogP contribution in [0.15, 0.2) is 54.6 Å². The lowest BCUT2D eigenvalue weighted by Crippen LogP contribution is -1.84. The zero-order valence-electron chi connectivity index (χ0n) is 8.76. The van der Waals surface area contributed by atoms with E-state index in [1.807, 2.05) is 67.0 Å². The second-order valence-electron chi connectivity index (χ2n) is 3.43. The molecule has 0 saturated carbocycles. The highest BCUT2D eigenvalue weighted by Gasteiger charge is 1.96. The highest BCUT2D eigenvalue weighted by atomic mass is 16.1. The van der Waals surface area contributed by atoms with Crippen molar-refractivity contribution in [3.8, 4) is 0 Å². The molecule has 0 aromatic heterocycles. The van der Waals surface area contributed by atoms with Crippen molar-refractivity contribution in [3.05, 3.63) is 71.3 Å². The largest absolute Gasteiger partial charge is 0.285 e. The van der Waals surface area contributed by atoms with E-state index in [0.717, 1.165) is 11.1 Å². The second-order valence-corrected chi connectivity index (χ2v) is 3.43. The third kappa shape index (κ3) is 2.45. The molecule has 2 aromatic carbocycles. The summed E-state index contributed by atoms with van der Waals surface area (Å²) >= 11 is 0. The van der Waals surface area contributed by atoms with E-state index in [0.29, 0.717) is 5.56 Å². The van der Waals surface area contributed by atoms with Crippen LogP contribution in [0.3, 0.4) is 0 Å². The highest BCUT2D eigenvalue weighted by molar-refractivity contribution is 5.85. The third-order valence-corrected chi connectivity index (χ3v) is 2.33. The summed E-state index contributed by atoms with van der Waals surface area (Å²) in [6, 6.07) is 17.4. The summed E-state index contributed by atoms with van der Waals surface area (Å²) in [5.74, 6) is 0. The first-order valence-corrected chi connectivity index (χ1v) is 5.10. The zero-order chi connectivity index (χ0) is 11.2. The fourth-order valence-electron chi connectivity index (χ4n) is 1.49. The Hall–Kier alpha value is -2.15. The molecule has 1 nitrogen and oxygen atoms in total. The van der Waals surface area contributed by atoms with Crippen LogP contribution in [0.2, 0.25) is 0 Å². The molecule has 0 unspecified atom stereocenters. The monoisotopic (exact) mass is 207 g/mol. The van der Waals surface area contributed by atoms with Gasteiger partial charge in [-0.3, -0.25) is 4.79 Å². The fraction of sp³-hybridized carbons (Fsp3) is 0. The van der Waals surface area contributed by atoms with Gasteiger partial charge in [0.2, 0.25) is 6.29 Å². The molecule has 0 heterocycles. The molecule has 0 amide bonds. The lowest BCUT2D eigenvalue weighted by atomic mass is 10.1. The van der Waals surface area contributed by atoms with Crippen LogP contribution in [-0.4, -0.2) is 6.29 Å². The Morgan fingerprint density at radius 1 is 0.812 bits per heavy atom. The lowest BCUT2D eigenvalue weighted by molar-refractivity contribution is 0.562. The summed E-state index contributed by atoms with van der Waals surface area (Å²) in [7, 11) is 0. The first kappa shape index (κ1) is 10.4. The number of benzene rings is 2. The van der Waals surface area contributed by atoms with Gasteiger partial charge >= 0.3 is 0 Å². The third-order valence-electron chi connectivity index (χ3n) is 2.33. The highest BCUT2D eigenvalue weighted by Crippen LogP contribution is 2.11. The van der Waals surface area contributed by atoms with Crippen molar-refractivity contribution >= 4 is 18.4 Å². The first-order chi connectivity index (χ1) is 7.90. The van der Waals surface area contributed by atoms with Gasteiger partial charge in [0.15, 0.2) is 0 Å². The van der Waals surface area contributed by atoms with Crippen molar-refractivity contribution < 1.29 is 4.79 Å². The molecule has 0 aliphatic heterocycles. The van der Waals surface area contributed by atoms with Crippen molar-refractivity contribution in [2.75, 3.05) is 0 Å². The predicted molar refractivity (Wildman–Crippen MR) is 66.6 cm³/mol. The van der Waals surface area contributed by atoms with Crippen LogP contribution < -0.4 is 0 Å². The van der Waals surface area contributed by atoms with E-state index in [9.17, 15) is 4.79 Å². The van der Waals surface area contributed by atoms with Gasteiger partial charge in [0.05, 0.1) is 0 Å². The topological polar surface area (TPSA) is 17.1 Å². The molecule has 1 radical (unpaired) electrons. The van der Waals surface area contributed by atoms with Crippen molar-refractivity contribution in [2.24, 2.45) is 0 Å². The van der Waals surface area contributed by atoms with Crippen LogP contribution in [0.4, 0.5) is 0 Å². The molecule has 0 aliphatic rings. The average molecular weight is 207 g/mol. The molecule has 0 N–H and O–H groups in total. The molecule has 1 heteroatoms. The minimum Gasteiger partial charge on any atom is -0.285 e. The Kier molecular flexibility index (Phi) is 3.29. The molecule has 0 bridgehead atoms. The minimum absolute atomic E-state index is 0.592. The van der Waals surface area contributed by atoms with Gasteiger partial charge in [-0.15, -0.1) is 0 Å². The Bertz CT molecular complexity index is 498. The quantitative estimate of drug-likeness (QED) is 0.706. The van der Waals surface area contributed by atoms with Crippen molar-refractivity contribution in [1.29, 1.82) is 0 Å². The fourth-order valence-corrected chi connectivity index (χ4v) is 1.49. The van der Waals surface area contributed by atoms with Gasteiger partial charge in [-0.1, -0.05) is 66.7 Å². The Labute approximate surface area is 95.1 Å². The molecule has 16 heavy (non-hydrogen) atoms. The summed E-state index contributed by atoms with van der Waals surface area (Å²) in [6.07, 6.45) is 5.84. The average Bonchev–Trinajstić information content (AvgIpc) is 2.38. The Balaban J connectivity index is 2.27. The van der Waals surface area contributed by atoms with Gasteiger partial charge in [0, 0.05) is 5.56 Å². The first-order valence-electron chi connectivity index (χ1n) is 5.10. The SMILES string of the molecule is O=[C]c1ccccc1C=Cc1ccccc1. The maximum Gasteiger partial charge on any atom is 0.234 e. The number of hydrogen-bond donors (Lipinski definition) is 0. The van der Waals surface area contributed by atoms with E-state index in [-0.39, 0.29) is 0 Å². The van der Waals surface area contributed by atoms with Crippen LogP contribution in [0.1, 0.15) is 16.7 Å².